The molecule has 0 radical (unpaired) electrons. The summed E-state index contributed by atoms with van der Waals surface area (Å²) in [5.74, 6) is 5.75. The number of nitrogens with two attached hydrogens (primary N) is 1. The summed E-state index contributed by atoms with van der Waals surface area (Å²) < 4.78 is 5.28. The van der Waals surface area contributed by atoms with Gasteiger partial charge in [-0.2, -0.15) is 15.0 Å². The minimum absolute atomic E-state index is 0.197. The van der Waals surface area contributed by atoms with Gasteiger partial charge in [-0.15, -0.1) is 0 Å². The van der Waals surface area contributed by atoms with Crippen molar-refractivity contribution in [2.75, 3.05) is 23.9 Å². The molecule has 1 atom stereocenters. The van der Waals surface area contributed by atoms with E-state index >= 15 is 0 Å². The van der Waals surface area contributed by atoms with Crippen LogP contribution in [0.5, 0.6) is 6.01 Å². The number of ether oxygens (including phenoxy) is 1. The third-order valence-electron chi connectivity index (χ3n) is 1.73. The first-order valence-corrected chi connectivity index (χ1v) is 5.43. The van der Waals surface area contributed by atoms with Gasteiger partial charge in [-0.05, 0) is 13.3 Å². The maximum absolute atomic E-state index is 9.15. The molecule has 5 N–H and O–H groups in total. The number of aliphatic hydroxyl groups is 1. The van der Waals surface area contributed by atoms with Gasteiger partial charge in [0.25, 0.3) is 0 Å². The lowest BCUT2D eigenvalue weighted by molar-refractivity contribution is 0.208. The zero-order valence-corrected chi connectivity index (χ0v) is 9.97. The number of nitrogens with zero attached hydrogens (tertiary/aromatic N) is 3. The molecule has 0 saturated carbocycles. The van der Waals surface area contributed by atoms with Crippen LogP contribution in [0.3, 0.4) is 0 Å². The molecule has 0 spiro atoms. The molecule has 1 unspecified atom stereocenters. The first-order valence-electron chi connectivity index (χ1n) is 5.43. The fourth-order valence-electron chi connectivity index (χ4n) is 0.997. The highest BCUT2D eigenvalue weighted by Crippen LogP contribution is 2.10. The Morgan fingerprint density at radius 3 is 2.65 bits per heavy atom. The van der Waals surface area contributed by atoms with Gasteiger partial charge in [0, 0.05) is 6.54 Å². The van der Waals surface area contributed by atoms with Crippen LogP contribution in [0, 0.1) is 0 Å². The van der Waals surface area contributed by atoms with Gasteiger partial charge in [-0.1, -0.05) is 6.92 Å². The Labute approximate surface area is 99.6 Å². The average Bonchev–Trinajstić information content (AvgIpc) is 2.33. The van der Waals surface area contributed by atoms with Crippen LogP contribution >= 0.6 is 0 Å². The molecule has 0 aliphatic heterocycles. The van der Waals surface area contributed by atoms with Crippen molar-refractivity contribution in [3.8, 4) is 6.01 Å². The van der Waals surface area contributed by atoms with Gasteiger partial charge in [-0.25, -0.2) is 5.84 Å². The molecular weight excluding hydrogens is 224 g/mol. The first-order chi connectivity index (χ1) is 8.15. The summed E-state index contributed by atoms with van der Waals surface area (Å²) >= 11 is 0. The van der Waals surface area contributed by atoms with E-state index in [0.717, 1.165) is 6.42 Å². The van der Waals surface area contributed by atoms with Crippen molar-refractivity contribution >= 4 is 11.9 Å². The zero-order valence-electron chi connectivity index (χ0n) is 9.97. The molecule has 0 aliphatic rings. The molecule has 17 heavy (non-hydrogen) atoms. The van der Waals surface area contributed by atoms with Gasteiger partial charge in [-0.3, -0.25) is 5.43 Å². The SMILES string of the molecule is CCCOc1nc(NN)nc(NCC(C)O)n1. The van der Waals surface area contributed by atoms with E-state index in [1.54, 1.807) is 6.92 Å². The van der Waals surface area contributed by atoms with Crippen LogP contribution in [0.4, 0.5) is 11.9 Å². The second kappa shape index (κ2) is 6.81. The molecular formula is C9H18N6O2. The largest absolute Gasteiger partial charge is 0.463 e. The van der Waals surface area contributed by atoms with Gasteiger partial charge in [0.15, 0.2) is 0 Å². The minimum atomic E-state index is -0.499. The number of hydrogen-bond acceptors (Lipinski definition) is 8. The number of nitrogen functional groups attached to an aromatic ring is 1. The van der Waals surface area contributed by atoms with Crippen molar-refractivity contribution in [2.24, 2.45) is 5.84 Å². The molecule has 0 aromatic carbocycles. The predicted molar refractivity (Wildman–Crippen MR) is 63.6 cm³/mol. The van der Waals surface area contributed by atoms with Crippen LogP contribution in [0.15, 0.2) is 0 Å². The smallest absolute Gasteiger partial charge is 0.323 e. The van der Waals surface area contributed by atoms with Gasteiger partial charge >= 0.3 is 6.01 Å². The Hall–Kier alpha value is -1.67. The predicted octanol–water partition coefficient (Wildman–Crippen LogP) is -0.261. The highest BCUT2D eigenvalue weighted by Gasteiger charge is 2.07. The van der Waals surface area contributed by atoms with Gasteiger partial charge < -0.3 is 15.2 Å². The number of aromatic nitrogens is 3. The number of rotatable bonds is 7. The molecule has 8 heteroatoms. The summed E-state index contributed by atoms with van der Waals surface area (Å²) in [6.45, 7) is 4.49. The second-order valence-electron chi connectivity index (χ2n) is 3.49. The van der Waals surface area contributed by atoms with E-state index < -0.39 is 6.10 Å². The van der Waals surface area contributed by atoms with Crippen molar-refractivity contribution in [2.45, 2.75) is 26.4 Å². The summed E-state index contributed by atoms with van der Waals surface area (Å²) in [5.41, 5.74) is 2.33. The zero-order chi connectivity index (χ0) is 12.7. The van der Waals surface area contributed by atoms with Crippen molar-refractivity contribution in [3.05, 3.63) is 0 Å². The Morgan fingerprint density at radius 1 is 1.35 bits per heavy atom. The summed E-state index contributed by atoms with van der Waals surface area (Å²) in [7, 11) is 0. The van der Waals surface area contributed by atoms with E-state index in [2.05, 4.69) is 25.7 Å². The molecule has 0 bridgehead atoms. The number of aliphatic hydroxyl groups excluding tert-OH is 1. The quantitative estimate of drug-likeness (QED) is 0.381. The van der Waals surface area contributed by atoms with E-state index in [0.29, 0.717) is 19.1 Å². The summed E-state index contributed by atoms with van der Waals surface area (Å²) in [6.07, 6.45) is 0.356. The fraction of sp³-hybridized carbons (Fsp3) is 0.667. The van der Waals surface area contributed by atoms with Gasteiger partial charge in [0.2, 0.25) is 11.9 Å². The molecule has 1 rings (SSSR count). The third kappa shape index (κ3) is 4.79. The lowest BCUT2D eigenvalue weighted by atomic mass is 10.4. The standard InChI is InChI=1S/C9H18N6O2/c1-3-4-17-9-13-7(11-5-6(2)16)12-8(14-9)15-10/h6,16H,3-5,10H2,1-2H3,(H2,11,12,13,14,15). The molecule has 0 saturated heterocycles. The normalized spacial score (nSPS) is 12.0. The lowest BCUT2D eigenvalue weighted by Gasteiger charge is -2.09. The summed E-state index contributed by atoms with van der Waals surface area (Å²) in [6, 6.07) is 0.197. The number of hydrazine groups is 1. The molecule has 1 aromatic rings. The van der Waals surface area contributed by atoms with Gasteiger partial charge in [0.1, 0.15) is 0 Å². The Bertz CT molecular complexity index is 346. The van der Waals surface area contributed by atoms with Crippen LogP contribution in [0.2, 0.25) is 0 Å². The Kier molecular flexibility index (Phi) is 5.37. The van der Waals surface area contributed by atoms with E-state index in [9.17, 15) is 0 Å². The Morgan fingerprint density at radius 2 is 2.06 bits per heavy atom. The molecule has 1 heterocycles. The third-order valence-corrected chi connectivity index (χ3v) is 1.73. The van der Waals surface area contributed by atoms with Crippen molar-refractivity contribution in [1.82, 2.24) is 15.0 Å². The van der Waals surface area contributed by atoms with E-state index in [4.69, 9.17) is 15.7 Å². The maximum Gasteiger partial charge on any atom is 0.323 e. The molecule has 1 aromatic heterocycles. The highest BCUT2D eigenvalue weighted by atomic mass is 16.5. The highest BCUT2D eigenvalue weighted by molar-refractivity contribution is 5.34. The van der Waals surface area contributed by atoms with E-state index in [1.807, 2.05) is 6.92 Å². The summed E-state index contributed by atoms with van der Waals surface area (Å²) in [4.78, 5) is 11.9. The molecule has 0 aliphatic carbocycles. The number of anilines is 2. The monoisotopic (exact) mass is 242 g/mol. The lowest BCUT2D eigenvalue weighted by Crippen LogP contribution is -2.19. The summed E-state index contributed by atoms with van der Waals surface area (Å²) in [5, 5.41) is 12.0. The molecule has 0 fully saturated rings. The van der Waals surface area contributed by atoms with Crippen molar-refractivity contribution < 1.29 is 9.84 Å². The van der Waals surface area contributed by atoms with Gasteiger partial charge in [0.05, 0.1) is 12.7 Å². The number of hydrogen-bond donors (Lipinski definition) is 4. The van der Waals surface area contributed by atoms with Crippen molar-refractivity contribution in [1.29, 1.82) is 0 Å². The van der Waals surface area contributed by atoms with Crippen LogP contribution in [-0.2, 0) is 0 Å². The number of nitrogens with one attached hydrogen (secondary N) is 2. The molecule has 8 nitrogen and oxygen atoms in total. The molecule has 96 valence electrons. The van der Waals surface area contributed by atoms with E-state index in [1.165, 1.54) is 0 Å². The van der Waals surface area contributed by atoms with Crippen molar-refractivity contribution in [3.63, 3.8) is 0 Å². The molecule has 0 amide bonds. The van der Waals surface area contributed by atoms with Crippen LogP contribution in [-0.4, -0.2) is 39.3 Å². The van der Waals surface area contributed by atoms with Crippen LogP contribution in [0.1, 0.15) is 20.3 Å². The Balaban J connectivity index is 2.73. The minimum Gasteiger partial charge on any atom is -0.463 e. The second-order valence-corrected chi connectivity index (χ2v) is 3.49. The topological polar surface area (TPSA) is 118 Å². The maximum atomic E-state index is 9.15. The fourth-order valence-corrected chi connectivity index (χ4v) is 0.997. The van der Waals surface area contributed by atoms with E-state index in [-0.39, 0.29) is 12.0 Å². The first kappa shape index (κ1) is 13.4. The van der Waals surface area contributed by atoms with Crippen LogP contribution in [0.25, 0.3) is 0 Å². The average molecular weight is 242 g/mol. The van der Waals surface area contributed by atoms with Crippen LogP contribution < -0.4 is 21.3 Å².